The number of allylic oxidation sites excluding steroid dienone is 1. The van der Waals surface area contributed by atoms with Crippen LogP contribution in [0.2, 0.25) is 0 Å². The average molecular weight is 335 g/mol. The van der Waals surface area contributed by atoms with E-state index < -0.39 is 0 Å². The summed E-state index contributed by atoms with van der Waals surface area (Å²) in [5.41, 5.74) is 15.8. The minimum Gasteiger partial charge on any atom is -0.404 e. The molecule has 0 atom stereocenters. The van der Waals surface area contributed by atoms with E-state index >= 15 is 0 Å². The van der Waals surface area contributed by atoms with Crippen molar-refractivity contribution in [3.05, 3.63) is 60.3 Å². The van der Waals surface area contributed by atoms with Crippen LogP contribution in [0.1, 0.15) is 18.2 Å². The summed E-state index contributed by atoms with van der Waals surface area (Å²) in [6.45, 7) is 3.25. The Balaban J connectivity index is 1.79. The molecule has 7 heteroatoms. The fraction of sp³-hybridized carbons (Fsp3) is 0.167. The Morgan fingerprint density at radius 2 is 2.20 bits per heavy atom. The molecule has 0 amide bonds. The van der Waals surface area contributed by atoms with Gasteiger partial charge in [0.1, 0.15) is 11.5 Å². The first-order valence-electron chi connectivity index (χ1n) is 8.05. The van der Waals surface area contributed by atoms with Gasteiger partial charge in [0.15, 0.2) is 0 Å². The summed E-state index contributed by atoms with van der Waals surface area (Å²) < 4.78 is 1.97. The second kappa shape index (κ2) is 7.48. The van der Waals surface area contributed by atoms with Gasteiger partial charge in [-0.05, 0) is 30.7 Å². The molecular weight excluding hydrogens is 314 g/mol. The molecule has 0 saturated heterocycles. The predicted molar refractivity (Wildman–Crippen MR) is 102 cm³/mol. The van der Waals surface area contributed by atoms with Gasteiger partial charge in [-0.3, -0.25) is 4.99 Å². The van der Waals surface area contributed by atoms with Gasteiger partial charge in [-0.15, -0.1) is 0 Å². The smallest absolute Gasteiger partial charge is 0.150 e. The quantitative estimate of drug-likeness (QED) is 0.599. The van der Waals surface area contributed by atoms with E-state index in [1.54, 1.807) is 12.4 Å². The van der Waals surface area contributed by atoms with E-state index in [9.17, 15) is 0 Å². The number of anilines is 2. The highest BCUT2D eigenvalue weighted by molar-refractivity contribution is 6.09. The Morgan fingerprint density at radius 1 is 1.32 bits per heavy atom. The van der Waals surface area contributed by atoms with E-state index in [1.165, 1.54) is 6.20 Å². The number of aromatic nitrogens is 3. The number of fused-ring (bicyclic) bond motifs is 1. The zero-order chi connectivity index (χ0) is 17.6. The highest BCUT2D eigenvalue weighted by Gasteiger charge is 2.06. The monoisotopic (exact) mass is 335 g/mol. The summed E-state index contributed by atoms with van der Waals surface area (Å²) in [5, 5.41) is 3.28. The molecule has 0 saturated carbocycles. The first-order chi connectivity index (χ1) is 12.2. The van der Waals surface area contributed by atoms with Gasteiger partial charge in [-0.1, -0.05) is 6.07 Å². The van der Waals surface area contributed by atoms with Crippen molar-refractivity contribution >= 4 is 28.9 Å². The lowest BCUT2D eigenvalue weighted by atomic mass is 10.2. The number of rotatable bonds is 6. The van der Waals surface area contributed by atoms with Crippen LogP contribution in [-0.2, 0) is 6.54 Å². The number of hydrogen-bond donors (Lipinski definition) is 3. The summed E-state index contributed by atoms with van der Waals surface area (Å²) in [7, 11) is 0. The maximum absolute atomic E-state index is 6.04. The Labute approximate surface area is 146 Å². The van der Waals surface area contributed by atoms with E-state index in [0.29, 0.717) is 24.6 Å². The van der Waals surface area contributed by atoms with Gasteiger partial charge in [0.05, 0.1) is 11.4 Å². The first-order valence-corrected chi connectivity index (χ1v) is 8.05. The third-order valence-electron chi connectivity index (χ3n) is 3.72. The summed E-state index contributed by atoms with van der Waals surface area (Å²) in [4.78, 5) is 13.0. The van der Waals surface area contributed by atoms with Crippen molar-refractivity contribution in [3.63, 3.8) is 0 Å². The van der Waals surface area contributed by atoms with Gasteiger partial charge < -0.3 is 21.2 Å². The lowest BCUT2D eigenvalue weighted by molar-refractivity contribution is 1.06. The van der Waals surface area contributed by atoms with Crippen molar-refractivity contribution in [3.8, 4) is 0 Å². The van der Waals surface area contributed by atoms with Gasteiger partial charge >= 0.3 is 0 Å². The van der Waals surface area contributed by atoms with E-state index in [0.717, 1.165) is 22.5 Å². The molecule has 0 radical (unpaired) electrons. The Bertz CT molecular complexity index is 924. The average Bonchev–Trinajstić information content (AvgIpc) is 3.10. The summed E-state index contributed by atoms with van der Waals surface area (Å²) in [5.74, 6) is 0.618. The Kier molecular flexibility index (Phi) is 4.94. The van der Waals surface area contributed by atoms with Crippen LogP contribution in [0.25, 0.3) is 11.2 Å². The molecule has 128 valence electrons. The molecule has 0 aromatic carbocycles. The zero-order valence-corrected chi connectivity index (χ0v) is 14.1. The van der Waals surface area contributed by atoms with Gasteiger partial charge in [0.25, 0.3) is 0 Å². The molecule has 5 N–H and O–H groups in total. The molecule has 0 aliphatic rings. The standard InChI is InChI=1S/C18H21N7/c1-2-21-11-14(9-19)16-5-4-15(20)18(24-16)23-10-13-3-6-17-22-7-8-25(17)12-13/h3-9,11-12H,2,10,19-20H2,1H3,(H,23,24). The van der Waals surface area contributed by atoms with E-state index in [1.807, 2.05) is 48.0 Å². The van der Waals surface area contributed by atoms with Crippen molar-refractivity contribution in [2.45, 2.75) is 13.5 Å². The predicted octanol–water partition coefficient (Wildman–Crippen LogP) is 2.31. The SMILES string of the molecule is CCN=CC(=CN)c1ccc(N)c(NCc2ccc3nccn3c2)n1. The van der Waals surface area contributed by atoms with Crippen LogP contribution in [0.3, 0.4) is 0 Å². The lowest BCUT2D eigenvalue weighted by Crippen LogP contribution is -2.07. The molecule has 0 bridgehead atoms. The maximum Gasteiger partial charge on any atom is 0.150 e. The molecule has 25 heavy (non-hydrogen) atoms. The second-order valence-corrected chi connectivity index (χ2v) is 5.47. The molecule has 0 fully saturated rings. The minimum atomic E-state index is 0.580. The van der Waals surface area contributed by atoms with Crippen LogP contribution < -0.4 is 16.8 Å². The van der Waals surface area contributed by atoms with Gasteiger partial charge in [-0.25, -0.2) is 9.97 Å². The van der Waals surface area contributed by atoms with Crippen LogP contribution in [0, 0.1) is 0 Å². The number of nitrogen functional groups attached to an aromatic ring is 1. The molecule has 3 rings (SSSR count). The summed E-state index contributed by atoms with van der Waals surface area (Å²) in [6.07, 6.45) is 8.92. The van der Waals surface area contributed by atoms with E-state index in [4.69, 9.17) is 11.5 Å². The number of pyridine rings is 2. The van der Waals surface area contributed by atoms with Gasteiger partial charge in [-0.2, -0.15) is 0 Å². The molecule has 3 aromatic rings. The third kappa shape index (κ3) is 3.77. The second-order valence-electron chi connectivity index (χ2n) is 5.47. The molecule has 0 spiro atoms. The molecule has 0 unspecified atom stereocenters. The molecule has 0 aliphatic carbocycles. The van der Waals surface area contributed by atoms with Crippen LogP contribution in [-0.4, -0.2) is 27.1 Å². The normalized spacial score (nSPS) is 12.1. The van der Waals surface area contributed by atoms with Crippen LogP contribution in [0.15, 0.2) is 54.0 Å². The fourth-order valence-electron chi connectivity index (χ4n) is 2.41. The zero-order valence-electron chi connectivity index (χ0n) is 14.1. The maximum atomic E-state index is 6.04. The van der Waals surface area contributed by atoms with Gasteiger partial charge in [0, 0.05) is 49.7 Å². The van der Waals surface area contributed by atoms with E-state index in [-0.39, 0.29) is 0 Å². The van der Waals surface area contributed by atoms with Crippen LogP contribution >= 0.6 is 0 Å². The largest absolute Gasteiger partial charge is 0.404 e. The lowest BCUT2D eigenvalue weighted by Gasteiger charge is -2.11. The fourth-order valence-corrected chi connectivity index (χ4v) is 2.41. The highest BCUT2D eigenvalue weighted by atomic mass is 15.0. The van der Waals surface area contributed by atoms with E-state index in [2.05, 4.69) is 20.3 Å². The topological polar surface area (TPSA) is 107 Å². The summed E-state index contributed by atoms with van der Waals surface area (Å²) in [6, 6.07) is 7.64. The van der Waals surface area contributed by atoms with Crippen molar-refractivity contribution in [1.29, 1.82) is 0 Å². The van der Waals surface area contributed by atoms with Crippen molar-refractivity contribution in [2.75, 3.05) is 17.6 Å². The molecule has 7 nitrogen and oxygen atoms in total. The molecule has 3 heterocycles. The van der Waals surface area contributed by atoms with Crippen molar-refractivity contribution in [1.82, 2.24) is 14.4 Å². The minimum absolute atomic E-state index is 0.580. The number of imidazole rings is 1. The van der Waals surface area contributed by atoms with Gasteiger partial charge in [0.2, 0.25) is 0 Å². The highest BCUT2D eigenvalue weighted by Crippen LogP contribution is 2.20. The number of aliphatic imine (C=N–C) groups is 1. The third-order valence-corrected chi connectivity index (χ3v) is 3.72. The van der Waals surface area contributed by atoms with Crippen molar-refractivity contribution < 1.29 is 0 Å². The van der Waals surface area contributed by atoms with Crippen LogP contribution in [0.4, 0.5) is 11.5 Å². The number of hydrogen-bond acceptors (Lipinski definition) is 6. The number of nitrogens with one attached hydrogen (secondary N) is 1. The van der Waals surface area contributed by atoms with Crippen LogP contribution in [0.5, 0.6) is 0 Å². The number of nitrogens with two attached hydrogens (primary N) is 2. The number of nitrogens with zero attached hydrogens (tertiary/aromatic N) is 4. The molecular formula is C18H21N7. The first kappa shape index (κ1) is 16.5. The Hall–Kier alpha value is -3.35. The Morgan fingerprint density at radius 3 is 3.00 bits per heavy atom. The molecule has 3 aromatic heterocycles. The molecule has 0 aliphatic heterocycles. The van der Waals surface area contributed by atoms with Crippen molar-refractivity contribution in [2.24, 2.45) is 10.7 Å². The summed E-state index contributed by atoms with van der Waals surface area (Å²) >= 11 is 0.